The molecule has 0 bridgehead atoms. The standard InChI is InChI=1S/C16H18N2O2/c1-16(2,3)20-15(19)12-9-13(14(17)18-10-12)11-7-5-4-6-8-11/h4-10H,1-3H3,(H2,17,18). The van der Waals surface area contributed by atoms with E-state index in [9.17, 15) is 4.79 Å². The van der Waals surface area contributed by atoms with E-state index >= 15 is 0 Å². The fraction of sp³-hybridized carbons (Fsp3) is 0.250. The van der Waals surface area contributed by atoms with E-state index in [0.717, 1.165) is 11.1 Å². The minimum atomic E-state index is -0.536. The second-order valence-corrected chi connectivity index (χ2v) is 5.52. The highest BCUT2D eigenvalue weighted by atomic mass is 16.6. The summed E-state index contributed by atoms with van der Waals surface area (Å²) in [6.07, 6.45) is 1.44. The number of pyridine rings is 1. The number of nitrogens with zero attached hydrogens (tertiary/aromatic N) is 1. The van der Waals surface area contributed by atoms with Crippen LogP contribution in [0, 0.1) is 0 Å². The van der Waals surface area contributed by atoms with Crippen molar-refractivity contribution in [3.8, 4) is 11.1 Å². The Morgan fingerprint density at radius 2 is 1.85 bits per heavy atom. The molecule has 0 fully saturated rings. The first-order chi connectivity index (χ1) is 9.37. The summed E-state index contributed by atoms with van der Waals surface area (Å²) in [6.45, 7) is 5.48. The first-order valence-electron chi connectivity index (χ1n) is 6.41. The first-order valence-corrected chi connectivity index (χ1v) is 6.41. The molecule has 0 atom stereocenters. The lowest BCUT2D eigenvalue weighted by molar-refractivity contribution is 0.00692. The monoisotopic (exact) mass is 270 g/mol. The molecular weight excluding hydrogens is 252 g/mol. The highest BCUT2D eigenvalue weighted by Gasteiger charge is 2.19. The van der Waals surface area contributed by atoms with Crippen molar-refractivity contribution >= 4 is 11.8 Å². The van der Waals surface area contributed by atoms with E-state index in [1.165, 1.54) is 6.20 Å². The highest BCUT2D eigenvalue weighted by molar-refractivity contribution is 5.92. The van der Waals surface area contributed by atoms with E-state index in [4.69, 9.17) is 10.5 Å². The van der Waals surface area contributed by atoms with Crippen molar-refractivity contribution in [3.05, 3.63) is 48.2 Å². The third-order valence-corrected chi connectivity index (χ3v) is 2.64. The maximum Gasteiger partial charge on any atom is 0.340 e. The lowest BCUT2D eigenvalue weighted by Gasteiger charge is -2.19. The summed E-state index contributed by atoms with van der Waals surface area (Å²) >= 11 is 0. The quantitative estimate of drug-likeness (QED) is 0.850. The van der Waals surface area contributed by atoms with Gasteiger partial charge in [0.1, 0.15) is 11.4 Å². The number of anilines is 1. The van der Waals surface area contributed by atoms with Gasteiger partial charge in [-0.05, 0) is 32.4 Å². The molecule has 1 aromatic heterocycles. The summed E-state index contributed by atoms with van der Waals surface area (Å²) < 4.78 is 5.33. The molecule has 20 heavy (non-hydrogen) atoms. The Balaban J connectivity index is 2.37. The summed E-state index contributed by atoms with van der Waals surface area (Å²) in [5.74, 6) is -0.00862. The average molecular weight is 270 g/mol. The van der Waals surface area contributed by atoms with Crippen LogP contribution in [-0.2, 0) is 4.74 Å². The number of carbonyl (C=O) groups is 1. The predicted molar refractivity (Wildman–Crippen MR) is 79.3 cm³/mol. The van der Waals surface area contributed by atoms with Gasteiger partial charge < -0.3 is 10.5 Å². The SMILES string of the molecule is CC(C)(C)OC(=O)c1cnc(N)c(-c2ccccc2)c1. The number of nitrogens with two attached hydrogens (primary N) is 1. The number of hydrogen-bond donors (Lipinski definition) is 1. The summed E-state index contributed by atoms with van der Waals surface area (Å²) in [5, 5.41) is 0. The van der Waals surface area contributed by atoms with Gasteiger partial charge in [-0.3, -0.25) is 0 Å². The molecule has 4 heteroatoms. The zero-order valence-corrected chi connectivity index (χ0v) is 11.9. The second kappa shape index (κ2) is 5.33. The third-order valence-electron chi connectivity index (χ3n) is 2.64. The zero-order valence-electron chi connectivity index (χ0n) is 11.9. The first kappa shape index (κ1) is 14.1. The van der Waals surface area contributed by atoms with Crippen LogP contribution in [0.25, 0.3) is 11.1 Å². The molecule has 0 unspecified atom stereocenters. The van der Waals surface area contributed by atoms with Gasteiger partial charge in [0.15, 0.2) is 0 Å². The van der Waals surface area contributed by atoms with Gasteiger partial charge in [0.25, 0.3) is 0 Å². The Hall–Kier alpha value is -2.36. The van der Waals surface area contributed by atoms with Crippen LogP contribution in [0.3, 0.4) is 0 Å². The van der Waals surface area contributed by atoms with Gasteiger partial charge in [-0.2, -0.15) is 0 Å². The Labute approximate surface area is 118 Å². The topological polar surface area (TPSA) is 65.2 Å². The Kier molecular flexibility index (Phi) is 3.74. The lowest BCUT2D eigenvalue weighted by atomic mass is 10.0. The van der Waals surface area contributed by atoms with Crippen molar-refractivity contribution in [1.29, 1.82) is 0 Å². The minimum Gasteiger partial charge on any atom is -0.456 e. The number of benzene rings is 1. The molecule has 0 radical (unpaired) electrons. The number of ether oxygens (including phenoxy) is 1. The molecule has 2 N–H and O–H groups in total. The number of hydrogen-bond acceptors (Lipinski definition) is 4. The molecule has 0 saturated carbocycles. The lowest BCUT2D eigenvalue weighted by Crippen LogP contribution is -2.24. The minimum absolute atomic E-state index is 0.392. The Morgan fingerprint density at radius 3 is 2.45 bits per heavy atom. The largest absolute Gasteiger partial charge is 0.456 e. The second-order valence-electron chi connectivity index (χ2n) is 5.52. The van der Waals surface area contributed by atoms with Gasteiger partial charge in [-0.1, -0.05) is 30.3 Å². The fourth-order valence-corrected chi connectivity index (χ4v) is 1.77. The van der Waals surface area contributed by atoms with E-state index in [-0.39, 0.29) is 0 Å². The van der Waals surface area contributed by atoms with Gasteiger partial charge in [0.05, 0.1) is 5.56 Å². The summed E-state index contributed by atoms with van der Waals surface area (Å²) in [7, 11) is 0. The summed E-state index contributed by atoms with van der Waals surface area (Å²) in [5.41, 5.74) is 7.40. The van der Waals surface area contributed by atoms with E-state index in [0.29, 0.717) is 11.4 Å². The van der Waals surface area contributed by atoms with Gasteiger partial charge in [-0.25, -0.2) is 9.78 Å². The van der Waals surface area contributed by atoms with Gasteiger partial charge in [-0.15, -0.1) is 0 Å². The van der Waals surface area contributed by atoms with Crippen molar-refractivity contribution in [2.24, 2.45) is 0 Å². The molecule has 0 aliphatic heterocycles. The van der Waals surface area contributed by atoms with E-state index in [1.807, 2.05) is 51.1 Å². The normalized spacial score (nSPS) is 11.2. The number of carbonyl (C=O) groups excluding carboxylic acids is 1. The number of nitrogen functional groups attached to an aromatic ring is 1. The summed E-state index contributed by atoms with van der Waals surface area (Å²) in [6, 6.07) is 11.3. The fourth-order valence-electron chi connectivity index (χ4n) is 1.77. The molecule has 2 rings (SSSR count). The van der Waals surface area contributed by atoms with E-state index in [2.05, 4.69) is 4.98 Å². The molecule has 0 amide bonds. The van der Waals surface area contributed by atoms with E-state index in [1.54, 1.807) is 6.07 Å². The average Bonchev–Trinajstić information content (AvgIpc) is 2.38. The van der Waals surface area contributed by atoms with Crippen molar-refractivity contribution in [3.63, 3.8) is 0 Å². The number of aromatic nitrogens is 1. The number of rotatable bonds is 2. The molecule has 4 nitrogen and oxygen atoms in total. The van der Waals surface area contributed by atoms with Crippen molar-refractivity contribution in [1.82, 2.24) is 4.98 Å². The van der Waals surface area contributed by atoms with E-state index < -0.39 is 11.6 Å². The van der Waals surface area contributed by atoms with Crippen molar-refractivity contribution in [2.45, 2.75) is 26.4 Å². The van der Waals surface area contributed by atoms with Crippen LogP contribution in [0.15, 0.2) is 42.6 Å². The van der Waals surface area contributed by atoms with Crippen molar-refractivity contribution in [2.75, 3.05) is 5.73 Å². The maximum absolute atomic E-state index is 12.1. The third kappa shape index (κ3) is 3.35. The van der Waals surface area contributed by atoms with Crippen LogP contribution in [-0.4, -0.2) is 16.6 Å². The molecule has 104 valence electrons. The van der Waals surface area contributed by atoms with Crippen molar-refractivity contribution < 1.29 is 9.53 Å². The summed E-state index contributed by atoms with van der Waals surface area (Å²) in [4.78, 5) is 16.1. The van der Waals surface area contributed by atoms with Crippen LogP contribution in [0.2, 0.25) is 0 Å². The Morgan fingerprint density at radius 1 is 1.20 bits per heavy atom. The number of esters is 1. The highest BCUT2D eigenvalue weighted by Crippen LogP contribution is 2.25. The zero-order chi connectivity index (χ0) is 14.8. The predicted octanol–water partition coefficient (Wildman–Crippen LogP) is 3.29. The molecule has 0 saturated heterocycles. The molecular formula is C16H18N2O2. The van der Waals surface area contributed by atoms with Crippen LogP contribution in [0.1, 0.15) is 31.1 Å². The van der Waals surface area contributed by atoms with Gasteiger partial charge in [0.2, 0.25) is 0 Å². The van der Waals surface area contributed by atoms with Crippen LogP contribution in [0.4, 0.5) is 5.82 Å². The molecule has 2 aromatic rings. The van der Waals surface area contributed by atoms with Crippen LogP contribution >= 0.6 is 0 Å². The molecule has 0 aliphatic carbocycles. The molecule has 1 aromatic carbocycles. The molecule has 1 heterocycles. The molecule has 0 aliphatic rings. The van der Waals surface area contributed by atoms with Crippen LogP contribution in [0.5, 0.6) is 0 Å². The molecule has 0 spiro atoms. The van der Waals surface area contributed by atoms with Gasteiger partial charge in [0, 0.05) is 11.8 Å². The van der Waals surface area contributed by atoms with Crippen LogP contribution < -0.4 is 5.73 Å². The van der Waals surface area contributed by atoms with Gasteiger partial charge >= 0.3 is 5.97 Å². The smallest absolute Gasteiger partial charge is 0.340 e. The maximum atomic E-state index is 12.1. The Bertz CT molecular complexity index is 616.